The number of amides is 1. The van der Waals surface area contributed by atoms with Gasteiger partial charge in [0.1, 0.15) is 5.82 Å². The van der Waals surface area contributed by atoms with Crippen molar-refractivity contribution < 1.29 is 4.79 Å². The molecule has 6 nitrogen and oxygen atoms in total. The van der Waals surface area contributed by atoms with Crippen LogP contribution in [0.4, 0.5) is 0 Å². The second kappa shape index (κ2) is 7.70. The molecule has 0 unspecified atom stereocenters. The van der Waals surface area contributed by atoms with Crippen LogP contribution in [0, 0.1) is 12.8 Å². The second-order valence-electron chi connectivity index (χ2n) is 7.05. The van der Waals surface area contributed by atoms with E-state index in [4.69, 9.17) is 0 Å². The molecule has 0 radical (unpaired) electrons. The smallest absolute Gasteiger partial charge is 0.253 e. The Morgan fingerprint density at radius 3 is 2.56 bits per heavy atom. The molecule has 3 aromatic rings. The highest BCUT2D eigenvalue weighted by Crippen LogP contribution is 2.25. The van der Waals surface area contributed by atoms with Crippen molar-refractivity contribution >= 4 is 5.91 Å². The molecule has 1 aliphatic heterocycles. The van der Waals surface area contributed by atoms with E-state index >= 15 is 0 Å². The van der Waals surface area contributed by atoms with Crippen molar-refractivity contribution in [2.45, 2.75) is 26.3 Å². The van der Waals surface area contributed by atoms with Crippen LogP contribution in [0.3, 0.4) is 0 Å². The number of hydrogen-bond donors (Lipinski definition) is 0. The molecule has 6 heteroatoms. The van der Waals surface area contributed by atoms with E-state index in [1.54, 1.807) is 30.7 Å². The van der Waals surface area contributed by atoms with Crippen LogP contribution in [-0.2, 0) is 6.54 Å². The number of aryl methyl sites for hydroxylation is 1. The predicted molar refractivity (Wildman–Crippen MR) is 103 cm³/mol. The average Bonchev–Trinajstić information content (AvgIpc) is 3.09. The minimum atomic E-state index is 0.103. The molecule has 0 aromatic carbocycles. The number of carbonyl (C=O) groups is 1. The van der Waals surface area contributed by atoms with Gasteiger partial charge in [0.2, 0.25) is 0 Å². The van der Waals surface area contributed by atoms with Gasteiger partial charge in [-0.15, -0.1) is 0 Å². The number of carbonyl (C=O) groups excluding carboxylic acids is 1. The van der Waals surface area contributed by atoms with Crippen molar-refractivity contribution in [1.82, 2.24) is 24.4 Å². The van der Waals surface area contributed by atoms with Crippen LogP contribution in [0.5, 0.6) is 0 Å². The maximum absolute atomic E-state index is 12.6. The molecule has 1 fully saturated rings. The fourth-order valence-electron chi connectivity index (χ4n) is 3.67. The molecular weight excluding hydrogens is 338 g/mol. The Labute approximate surface area is 158 Å². The third kappa shape index (κ3) is 3.74. The number of piperidine rings is 1. The maximum Gasteiger partial charge on any atom is 0.253 e. The van der Waals surface area contributed by atoms with E-state index in [1.807, 2.05) is 29.4 Å². The summed E-state index contributed by atoms with van der Waals surface area (Å²) in [5, 5.41) is 0. The number of likely N-dealkylation sites (tertiary alicyclic amines) is 1. The highest BCUT2D eigenvalue weighted by atomic mass is 16.2. The van der Waals surface area contributed by atoms with Gasteiger partial charge in [-0.05, 0) is 49.9 Å². The lowest BCUT2D eigenvalue weighted by molar-refractivity contribution is 0.0682. The molecule has 0 bridgehead atoms. The summed E-state index contributed by atoms with van der Waals surface area (Å²) >= 11 is 0. The Kier molecular flexibility index (Phi) is 4.96. The van der Waals surface area contributed by atoms with Crippen molar-refractivity contribution in [1.29, 1.82) is 0 Å². The molecule has 0 aliphatic carbocycles. The molecule has 1 amide bonds. The first-order valence-corrected chi connectivity index (χ1v) is 9.34. The van der Waals surface area contributed by atoms with Gasteiger partial charge < -0.3 is 9.47 Å². The number of pyridine rings is 2. The van der Waals surface area contributed by atoms with Crippen molar-refractivity contribution in [3.05, 3.63) is 66.5 Å². The van der Waals surface area contributed by atoms with Crippen LogP contribution >= 0.6 is 0 Å². The highest BCUT2D eigenvalue weighted by Gasteiger charge is 2.25. The fourth-order valence-corrected chi connectivity index (χ4v) is 3.67. The van der Waals surface area contributed by atoms with Crippen molar-refractivity contribution in [2.75, 3.05) is 13.1 Å². The van der Waals surface area contributed by atoms with E-state index in [0.29, 0.717) is 11.5 Å². The zero-order valence-corrected chi connectivity index (χ0v) is 15.5. The topological polar surface area (TPSA) is 63.9 Å². The molecule has 3 aromatic heterocycles. The summed E-state index contributed by atoms with van der Waals surface area (Å²) in [6.45, 7) is 4.60. The number of nitrogens with zero attached hydrogens (tertiary/aromatic N) is 5. The molecule has 0 spiro atoms. The summed E-state index contributed by atoms with van der Waals surface area (Å²) in [5.74, 6) is 1.61. The lowest BCUT2D eigenvalue weighted by Gasteiger charge is -2.32. The normalized spacial score (nSPS) is 15.1. The van der Waals surface area contributed by atoms with Gasteiger partial charge in [-0.1, -0.05) is 0 Å². The number of aromatic nitrogens is 4. The van der Waals surface area contributed by atoms with Gasteiger partial charge in [-0.3, -0.25) is 14.8 Å². The van der Waals surface area contributed by atoms with Gasteiger partial charge in [0, 0.05) is 67.4 Å². The SMILES string of the molecule is Cc1cnc(-c2cccnc2)n1CC1CCN(C(=O)c2ccncc2)CC1. The van der Waals surface area contributed by atoms with E-state index in [1.165, 1.54) is 0 Å². The van der Waals surface area contributed by atoms with Crippen LogP contribution < -0.4 is 0 Å². The van der Waals surface area contributed by atoms with Gasteiger partial charge >= 0.3 is 0 Å². The van der Waals surface area contributed by atoms with E-state index in [2.05, 4.69) is 26.4 Å². The first kappa shape index (κ1) is 17.4. The first-order valence-electron chi connectivity index (χ1n) is 9.34. The first-order chi connectivity index (χ1) is 13.2. The summed E-state index contributed by atoms with van der Waals surface area (Å²) in [4.78, 5) is 27.3. The monoisotopic (exact) mass is 361 g/mol. The van der Waals surface area contributed by atoms with Crippen LogP contribution in [0.1, 0.15) is 28.9 Å². The Morgan fingerprint density at radius 2 is 1.85 bits per heavy atom. The van der Waals surface area contributed by atoms with Crippen LogP contribution in [0.25, 0.3) is 11.4 Å². The molecule has 138 valence electrons. The van der Waals surface area contributed by atoms with E-state index < -0.39 is 0 Å². The average molecular weight is 361 g/mol. The number of rotatable bonds is 4. The molecule has 27 heavy (non-hydrogen) atoms. The summed E-state index contributed by atoms with van der Waals surface area (Å²) in [7, 11) is 0. The Bertz CT molecular complexity index is 899. The van der Waals surface area contributed by atoms with Crippen molar-refractivity contribution in [3.8, 4) is 11.4 Å². The molecular formula is C21H23N5O. The fraction of sp³-hybridized carbons (Fsp3) is 0.333. The van der Waals surface area contributed by atoms with E-state index in [0.717, 1.165) is 49.6 Å². The Balaban J connectivity index is 1.42. The van der Waals surface area contributed by atoms with Gasteiger partial charge in [-0.2, -0.15) is 0 Å². The summed E-state index contributed by atoms with van der Waals surface area (Å²) in [5.41, 5.74) is 2.91. The van der Waals surface area contributed by atoms with Crippen LogP contribution in [-0.4, -0.2) is 43.4 Å². The zero-order chi connectivity index (χ0) is 18.6. The summed E-state index contributed by atoms with van der Waals surface area (Å²) in [6.07, 6.45) is 10.9. The zero-order valence-electron chi connectivity index (χ0n) is 15.5. The number of imidazole rings is 1. The van der Waals surface area contributed by atoms with Crippen LogP contribution in [0.2, 0.25) is 0 Å². The summed E-state index contributed by atoms with van der Waals surface area (Å²) in [6, 6.07) is 7.54. The van der Waals surface area contributed by atoms with Crippen molar-refractivity contribution in [3.63, 3.8) is 0 Å². The van der Waals surface area contributed by atoms with Gasteiger partial charge in [0.15, 0.2) is 0 Å². The third-order valence-electron chi connectivity index (χ3n) is 5.24. The Hall–Kier alpha value is -3.02. The van der Waals surface area contributed by atoms with Gasteiger partial charge in [-0.25, -0.2) is 4.98 Å². The van der Waals surface area contributed by atoms with Crippen LogP contribution in [0.15, 0.2) is 55.2 Å². The largest absolute Gasteiger partial charge is 0.339 e. The molecule has 4 heterocycles. The summed E-state index contributed by atoms with van der Waals surface area (Å²) < 4.78 is 2.28. The van der Waals surface area contributed by atoms with Gasteiger partial charge in [0.25, 0.3) is 5.91 Å². The third-order valence-corrected chi connectivity index (χ3v) is 5.24. The Morgan fingerprint density at radius 1 is 1.07 bits per heavy atom. The quantitative estimate of drug-likeness (QED) is 0.716. The standard InChI is InChI=1S/C21H23N5O/c1-16-13-24-20(19-3-2-8-23-14-19)26(16)15-17-6-11-25(12-7-17)21(27)18-4-9-22-10-5-18/h2-5,8-10,13-14,17H,6-7,11-12,15H2,1H3. The molecule has 0 N–H and O–H groups in total. The minimum absolute atomic E-state index is 0.103. The van der Waals surface area contributed by atoms with E-state index in [9.17, 15) is 4.79 Å². The molecule has 0 saturated carbocycles. The number of hydrogen-bond acceptors (Lipinski definition) is 4. The predicted octanol–water partition coefficient (Wildman–Crippen LogP) is 3.20. The molecule has 0 atom stereocenters. The minimum Gasteiger partial charge on any atom is -0.339 e. The second-order valence-corrected chi connectivity index (χ2v) is 7.05. The molecule has 1 aliphatic rings. The molecule has 1 saturated heterocycles. The lowest BCUT2D eigenvalue weighted by atomic mass is 9.96. The van der Waals surface area contributed by atoms with Crippen molar-refractivity contribution in [2.24, 2.45) is 5.92 Å². The maximum atomic E-state index is 12.6. The van der Waals surface area contributed by atoms with Gasteiger partial charge in [0.05, 0.1) is 0 Å². The molecule has 4 rings (SSSR count). The highest BCUT2D eigenvalue weighted by molar-refractivity contribution is 5.94. The lowest BCUT2D eigenvalue weighted by Crippen LogP contribution is -2.39. The van der Waals surface area contributed by atoms with E-state index in [-0.39, 0.29) is 5.91 Å².